The first-order chi connectivity index (χ1) is 11.3. The van der Waals surface area contributed by atoms with E-state index in [9.17, 15) is 0 Å². The number of hydrogen-bond donors (Lipinski definition) is 0. The molecule has 0 bridgehead atoms. The average Bonchev–Trinajstić information content (AvgIpc) is 2.62. The van der Waals surface area contributed by atoms with E-state index in [0.717, 1.165) is 27.8 Å². The van der Waals surface area contributed by atoms with Crippen LogP contribution in [0.5, 0.6) is 17.2 Å². The Morgan fingerprint density at radius 3 is 2.30 bits per heavy atom. The lowest BCUT2D eigenvalue weighted by atomic mass is 10.0. The molecule has 3 rings (SSSR count). The molecule has 6 heteroatoms. The maximum atomic E-state index is 5.66. The number of fused-ring (bicyclic) bond motifs is 1. The Hall–Kier alpha value is -1.53. The molecule has 0 N–H and O–H groups in total. The number of aromatic nitrogens is 1. The zero-order valence-electron chi connectivity index (χ0n) is 13.4. The van der Waals surface area contributed by atoms with Crippen molar-refractivity contribution in [2.75, 3.05) is 32.8 Å². The molecule has 122 valence electrons. The monoisotopic (exact) mass is 349 g/mol. The molecule has 4 nitrogen and oxygen atoms in total. The summed E-state index contributed by atoms with van der Waals surface area (Å²) in [6.45, 7) is 0. The molecule has 1 aliphatic heterocycles. The summed E-state index contributed by atoms with van der Waals surface area (Å²) in [4.78, 5) is 4.28. The zero-order valence-corrected chi connectivity index (χ0v) is 15.1. The molecule has 0 atom stereocenters. The molecule has 1 fully saturated rings. The minimum absolute atomic E-state index is 0.617. The molecular weight excluding hydrogens is 330 g/mol. The van der Waals surface area contributed by atoms with Crippen LogP contribution < -0.4 is 14.2 Å². The second-order valence-corrected chi connectivity index (χ2v) is 7.48. The summed E-state index contributed by atoms with van der Waals surface area (Å²) in [6, 6.07) is 1.94. The third-order valence-corrected chi connectivity index (χ3v) is 6.16. The largest absolute Gasteiger partial charge is 0.492 e. The molecule has 1 aromatic heterocycles. The Morgan fingerprint density at radius 2 is 1.65 bits per heavy atom. The summed E-state index contributed by atoms with van der Waals surface area (Å²) < 4.78 is 18.1. The van der Waals surface area contributed by atoms with Crippen LogP contribution >= 0.6 is 23.5 Å². The second-order valence-electron chi connectivity index (χ2n) is 4.95. The fraction of sp³-hybridized carbons (Fsp3) is 0.353. The zero-order chi connectivity index (χ0) is 16.2. The van der Waals surface area contributed by atoms with E-state index < -0.39 is 0 Å². The van der Waals surface area contributed by atoms with Crippen LogP contribution in [0.4, 0.5) is 0 Å². The van der Waals surface area contributed by atoms with Crippen molar-refractivity contribution in [3.63, 3.8) is 0 Å². The molecule has 1 saturated heterocycles. The summed E-state index contributed by atoms with van der Waals surface area (Å²) in [5, 5.41) is 1.97. The number of ether oxygens (including phenoxy) is 3. The van der Waals surface area contributed by atoms with E-state index in [4.69, 9.17) is 14.2 Å². The normalized spacial score (nSPS) is 14.7. The van der Waals surface area contributed by atoms with Crippen LogP contribution in [-0.2, 0) is 0 Å². The fourth-order valence-corrected chi connectivity index (χ4v) is 5.06. The molecule has 0 saturated carbocycles. The van der Waals surface area contributed by atoms with Crippen molar-refractivity contribution in [3.05, 3.63) is 28.3 Å². The van der Waals surface area contributed by atoms with Gasteiger partial charge in [0, 0.05) is 33.0 Å². The van der Waals surface area contributed by atoms with E-state index in [2.05, 4.69) is 11.1 Å². The van der Waals surface area contributed by atoms with Gasteiger partial charge in [0.25, 0.3) is 0 Å². The average molecular weight is 349 g/mol. The number of benzene rings is 1. The predicted octanol–water partition coefficient (Wildman–Crippen LogP) is 4.43. The number of thioether (sulfide) groups is 2. The maximum Gasteiger partial charge on any atom is 0.204 e. The number of nitrogens with zero attached hydrogens (tertiary/aromatic N) is 1. The van der Waals surface area contributed by atoms with Crippen LogP contribution in [0.25, 0.3) is 16.8 Å². The molecule has 1 aliphatic rings. The maximum absolute atomic E-state index is 5.66. The van der Waals surface area contributed by atoms with Crippen LogP contribution in [0.3, 0.4) is 0 Å². The lowest BCUT2D eigenvalue weighted by Gasteiger charge is -2.19. The lowest BCUT2D eigenvalue weighted by Crippen LogP contribution is -1.99. The van der Waals surface area contributed by atoms with Crippen molar-refractivity contribution < 1.29 is 14.2 Å². The predicted molar refractivity (Wildman–Crippen MR) is 98.9 cm³/mol. The van der Waals surface area contributed by atoms with E-state index >= 15 is 0 Å². The molecule has 1 aromatic carbocycles. The summed E-state index contributed by atoms with van der Waals surface area (Å²) >= 11 is 3.77. The van der Waals surface area contributed by atoms with Gasteiger partial charge in [-0.1, -0.05) is 0 Å². The van der Waals surface area contributed by atoms with Gasteiger partial charge >= 0.3 is 0 Å². The van der Waals surface area contributed by atoms with Gasteiger partial charge in [-0.15, -0.1) is 23.5 Å². The second kappa shape index (κ2) is 7.36. The highest BCUT2D eigenvalue weighted by Gasteiger charge is 2.21. The van der Waals surface area contributed by atoms with Crippen molar-refractivity contribution in [1.82, 2.24) is 4.98 Å². The van der Waals surface area contributed by atoms with Crippen LogP contribution in [0, 0.1) is 0 Å². The molecule has 2 aromatic rings. The van der Waals surface area contributed by atoms with Crippen LogP contribution in [0.15, 0.2) is 22.7 Å². The highest BCUT2D eigenvalue weighted by molar-refractivity contribution is 8.23. The Morgan fingerprint density at radius 1 is 0.957 bits per heavy atom. The van der Waals surface area contributed by atoms with Gasteiger partial charge in [0.2, 0.25) is 5.75 Å². The summed E-state index contributed by atoms with van der Waals surface area (Å²) in [5.74, 6) is 4.29. The van der Waals surface area contributed by atoms with E-state index in [1.54, 1.807) is 27.5 Å². The fourth-order valence-electron chi connectivity index (χ4n) is 2.66. The van der Waals surface area contributed by atoms with Gasteiger partial charge in [-0.05, 0) is 30.1 Å². The Labute approximate surface area is 144 Å². The van der Waals surface area contributed by atoms with Crippen molar-refractivity contribution in [2.45, 2.75) is 6.42 Å². The molecule has 2 heterocycles. The lowest BCUT2D eigenvalue weighted by molar-refractivity contribution is 0.327. The van der Waals surface area contributed by atoms with Gasteiger partial charge in [-0.3, -0.25) is 4.98 Å². The Kier molecular flexibility index (Phi) is 5.23. The van der Waals surface area contributed by atoms with E-state index in [1.807, 2.05) is 35.8 Å². The molecule has 0 unspecified atom stereocenters. The summed E-state index contributed by atoms with van der Waals surface area (Å²) in [5.41, 5.74) is 0.991. The Balaban J connectivity index is 2.30. The van der Waals surface area contributed by atoms with Gasteiger partial charge in [-0.2, -0.15) is 0 Å². The molecule has 0 radical (unpaired) electrons. The summed E-state index contributed by atoms with van der Waals surface area (Å²) in [6.07, 6.45) is 7.04. The van der Waals surface area contributed by atoms with Gasteiger partial charge < -0.3 is 14.2 Å². The topological polar surface area (TPSA) is 40.6 Å². The highest BCUT2D eigenvalue weighted by atomic mass is 32.2. The minimum atomic E-state index is 0.617. The standard InChI is InChI=1S/C17H19NO3S2/c1-19-15-11-5-6-18-10-13(11)12(16(20-2)17(15)21-3)9-14-22-7-4-8-23-14/h5-6,9-10H,4,7-8H2,1-3H3. The van der Waals surface area contributed by atoms with E-state index in [-0.39, 0.29) is 0 Å². The van der Waals surface area contributed by atoms with E-state index in [1.165, 1.54) is 10.7 Å². The SMILES string of the molecule is COc1c(OC)c(OC)c2ccncc2c1C=C1SCCCS1. The minimum Gasteiger partial charge on any atom is -0.492 e. The quantitative estimate of drug-likeness (QED) is 0.813. The van der Waals surface area contributed by atoms with E-state index in [0.29, 0.717) is 17.2 Å². The van der Waals surface area contributed by atoms with Gasteiger partial charge in [-0.25, -0.2) is 0 Å². The molecule has 23 heavy (non-hydrogen) atoms. The first-order valence-electron chi connectivity index (χ1n) is 7.33. The van der Waals surface area contributed by atoms with Crippen LogP contribution in [0.1, 0.15) is 12.0 Å². The van der Waals surface area contributed by atoms with Crippen molar-refractivity contribution in [2.24, 2.45) is 0 Å². The number of methoxy groups -OCH3 is 3. The summed E-state index contributed by atoms with van der Waals surface area (Å²) in [7, 11) is 4.93. The number of pyridine rings is 1. The first kappa shape index (κ1) is 16.3. The Bertz CT molecular complexity index is 738. The molecule has 0 amide bonds. The highest BCUT2D eigenvalue weighted by Crippen LogP contribution is 2.48. The molecular formula is C17H19NO3S2. The van der Waals surface area contributed by atoms with Crippen molar-refractivity contribution in [1.29, 1.82) is 0 Å². The smallest absolute Gasteiger partial charge is 0.204 e. The van der Waals surface area contributed by atoms with Crippen LogP contribution in [-0.4, -0.2) is 37.8 Å². The molecule has 0 aliphatic carbocycles. The van der Waals surface area contributed by atoms with Gasteiger partial charge in [0.1, 0.15) is 0 Å². The number of hydrogen-bond acceptors (Lipinski definition) is 6. The van der Waals surface area contributed by atoms with Gasteiger partial charge in [0.15, 0.2) is 11.5 Å². The molecule has 0 spiro atoms. The third kappa shape index (κ3) is 3.10. The third-order valence-electron chi connectivity index (χ3n) is 3.66. The van der Waals surface area contributed by atoms with Crippen LogP contribution in [0.2, 0.25) is 0 Å². The van der Waals surface area contributed by atoms with Crippen molar-refractivity contribution in [3.8, 4) is 17.2 Å². The van der Waals surface area contributed by atoms with Crippen molar-refractivity contribution >= 4 is 40.4 Å². The number of rotatable bonds is 4. The first-order valence-corrected chi connectivity index (χ1v) is 9.30. The van der Waals surface area contributed by atoms with Gasteiger partial charge in [0.05, 0.1) is 21.3 Å².